The molecule has 0 bridgehead atoms. The second-order valence-electron chi connectivity index (χ2n) is 6.35. The summed E-state index contributed by atoms with van der Waals surface area (Å²) in [5.74, 6) is -0.326. The van der Waals surface area contributed by atoms with Gasteiger partial charge < -0.3 is 15.0 Å². The molecule has 0 aliphatic rings. The van der Waals surface area contributed by atoms with E-state index in [2.05, 4.69) is 10.1 Å². The highest BCUT2D eigenvalue weighted by molar-refractivity contribution is 5.83. The van der Waals surface area contributed by atoms with Gasteiger partial charge in [-0.25, -0.2) is 4.79 Å². The van der Waals surface area contributed by atoms with Crippen LogP contribution in [0.15, 0.2) is 66.7 Å². The maximum atomic E-state index is 12.5. The van der Waals surface area contributed by atoms with Crippen molar-refractivity contribution in [3.8, 4) is 5.75 Å². The molecular formula is C21H19F3N2O2. The quantitative estimate of drug-likeness (QED) is 0.662. The number of nitrogens with one attached hydrogen (secondary N) is 1. The minimum Gasteiger partial charge on any atom is -0.405 e. The number of hydrogen-bond acceptors (Lipinski definition) is 2. The van der Waals surface area contributed by atoms with E-state index >= 15 is 0 Å². The summed E-state index contributed by atoms with van der Waals surface area (Å²) in [5, 5.41) is 4.81. The number of alkyl halides is 3. The Morgan fingerprint density at radius 1 is 1.00 bits per heavy atom. The first-order chi connectivity index (χ1) is 13.3. The van der Waals surface area contributed by atoms with Crippen LogP contribution in [-0.4, -0.2) is 24.3 Å². The van der Waals surface area contributed by atoms with E-state index in [0.29, 0.717) is 6.54 Å². The van der Waals surface area contributed by atoms with Crippen molar-refractivity contribution in [3.63, 3.8) is 0 Å². The first kappa shape index (κ1) is 19.5. The van der Waals surface area contributed by atoms with Crippen LogP contribution in [0, 0.1) is 0 Å². The number of benzene rings is 3. The van der Waals surface area contributed by atoms with Crippen LogP contribution in [0.3, 0.4) is 0 Å². The van der Waals surface area contributed by atoms with E-state index in [-0.39, 0.29) is 17.9 Å². The van der Waals surface area contributed by atoms with E-state index < -0.39 is 12.4 Å². The predicted molar refractivity (Wildman–Crippen MR) is 101 cm³/mol. The van der Waals surface area contributed by atoms with E-state index in [1.165, 1.54) is 23.1 Å². The third-order valence-electron chi connectivity index (χ3n) is 4.21. The number of hydrogen-bond donors (Lipinski definition) is 1. The lowest BCUT2D eigenvalue weighted by molar-refractivity contribution is -0.274. The Bertz CT molecular complexity index is 973. The van der Waals surface area contributed by atoms with Gasteiger partial charge in [-0.3, -0.25) is 0 Å². The Hall–Kier alpha value is -3.22. The maximum absolute atomic E-state index is 12.5. The minimum atomic E-state index is -4.78. The third-order valence-corrected chi connectivity index (χ3v) is 4.21. The molecule has 0 radical (unpaired) electrons. The molecular weight excluding hydrogens is 369 g/mol. The molecule has 0 aliphatic carbocycles. The molecule has 0 unspecified atom stereocenters. The summed E-state index contributed by atoms with van der Waals surface area (Å²) in [6.07, 6.45) is -4.78. The molecule has 2 amide bonds. The Labute approximate surface area is 160 Å². The first-order valence-electron chi connectivity index (χ1n) is 8.62. The molecule has 146 valence electrons. The van der Waals surface area contributed by atoms with Crippen molar-refractivity contribution < 1.29 is 22.7 Å². The molecule has 0 saturated carbocycles. The van der Waals surface area contributed by atoms with Crippen LogP contribution >= 0.6 is 0 Å². The van der Waals surface area contributed by atoms with Gasteiger partial charge in [0.05, 0.1) is 0 Å². The maximum Gasteiger partial charge on any atom is 0.573 e. The largest absolute Gasteiger partial charge is 0.573 e. The molecule has 0 aromatic heterocycles. The number of carbonyl (C=O) groups is 1. The Morgan fingerprint density at radius 3 is 2.43 bits per heavy atom. The van der Waals surface area contributed by atoms with E-state index in [4.69, 9.17) is 0 Å². The van der Waals surface area contributed by atoms with Crippen molar-refractivity contribution in [2.24, 2.45) is 0 Å². The number of ether oxygens (including phenoxy) is 1. The Morgan fingerprint density at radius 2 is 1.68 bits per heavy atom. The van der Waals surface area contributed by atoms with Gasteiger partial charge in [-0.1, -0.05) is 54.6 Å². The number of fused-ring (bicyclic) bond motifs is 1. The van der Waals surface area contributed by atoms with Crippen LogP contribution in [0.2, 0.25) is 0 Å². The fourth-order valence-electron chi connectivity index (χ4n) is 2.86. The lowest BCUT2D eigenvalue weighted by Gasteiger charge is -2.19. The van der Waals surface area contributed by atoms with E-state index in [1.807, 2.05) is 42.5 Å². The van der Waals surface area contributed by atoms with E-state index in [1.54, 1.807) is 13.1 Å². The second kappa shape index (κ2) is 8.21. The summed E-state index contributed by atoms with van der Waals surface area (Å²) in [7, 11) is 1.63. The van der Waals surface area contributed by atoms with Gasteiger partial charge in [0.1, 0.15) is 5.75 Å². The van der Waals surface area contributed by atoms with Crippen LogP contribution in [0.1, 0.15) is 11.1 Å². The van der Waals surface area contributed by atoms with Crippen molar-refractivity contribution in [3.05, 3.63) is 77.9 Å². The second-order valence-corrected chi connectivity index (χ2v) is 6.35. The van der Waals surface area contributed by atoms with Gasteiger partial charge in [0.25, 0.3) is 0 Å². The van der Waals surface area contributed by atoms with Crippen molar-refractivity contribution in [2.75, 3.05) is 7.05 Å². The van der Waals surface area contributed by atoms with Gasteiger partial charge in [-0.05, 0) is 28.5 Å². The zero-order valence-corrected chi connectivity index (χ0v) is 15.2. The van der Waals surface area contributed by atoms with E-state index in [0.717, 1.165) is 16.3 Å². The summed E-state index contributed by atoms with van der Waals surface area (Å²) in [6, 6.07) is 19.2. The molecule has 7 heteroatoms. The molecule has 3 aromatic rings. The number of rotatable bonds is 5. The van der Waals surface area contributed by atoms with Gasteiger partial charge in [-0.15, -0.1) is 13.2 Å². The van der Waals surface area contributed by atoms with Gasteiger partial charge in [-0.2, -0.15) is 0 Å². The molecule has 0 aliphatic heterocycles. The zero-order chi connectivity index (χ0) is 20.1. The molecule has 0 fully saturated rings. The lowest BCUT2D eigenvalue weighted by Crippen LogP contribution is -2.36. The normalized spacial score (nSPS) is 11.3. The minimum absolute atomic E-state index is 0.0762. The highest BCUT2D eigenvalue weighted by Crippen LogP contribution is 2.26. The van der Waals surface area contributed by atoms with Crippen molar-refractivity contribution in [2.45, 2.75) is 19.5 Å². The number of nitrogens with zero attached hydrogens (tertiary/aromatic N) is 1. The first-order valence-corrected chi connectivity index (χ1v) is 8.62. The van der Waals surface area contributed by atoms with Gasteiger partial charge in [0.15, 0.2) is 0 Å². The lowest BCUT2D eigenvalue weighted by atomic mass is 10.1. The zero-order valence-electron chi connectivity index (χ0n) is 15.2. The highest BCUT2D eigenvalue weighted by Gasteiger charge is 2.32. The fourth-order valence-corrected chi connectivity index (χ4v) is 2.86. The number of amides is 2. The number of carbonyl (C=O) groups excluding carboxylic acids is 1. The summed E-state index contributed by atoms with van der Waals surface area (Å²) in [4.78, 5) is 13.8. The molecule has 3 aromatic carbocycles. The standard InChI is InChI=1S/C21H19F3N2O2/c1-26(14-15-10-11-16-6-2-3-7-17(16)12-15)20(27)25-13-18-8-4-5-9-19(18)28-21(22,23)24/h2-12H,13-14H2,1H3,(H,25,27). The van der Waals surface area contributed by atoms with Crippen molar-refractivity contribution in [1.29, 1.82) is 0 Å². The summed E-state index contributed by atoms with van der Waals surface area (Å²) >= 11 is 0. The van der Waals surface area contributed by atoms with Crippen LogP contribution in [0.25, 0.3) is 10.8 Å². The number of halogens is 3. The number of urea groups is 1. The molecule has 1 N–H and O–H groups in total. The van der Waals surface area contributed by atoms with Crippen LogP contribution < -0.4 is 10.1 Å². The van der Waals surface area contributed by atoms with Crippen LogP contribution in [0.4, 0.5) is 18.0 Å². The molecule has 0 heterocycles. The molecule has 4 nitrogen and oxygen atoms in total. The van der Waals surface area contributed by atoms with Gasteiger partial charge >= 0.3 is 12.4 Å². The topological polar surface area (TPSA) is 41.6 Å². The fraction of sp³-hybridized carbons (Fsp3) is 0.190. The highest BCUT2D eigenvalue weighted by atomic mass is 19.4. The average Bonchev–Trinajstić information content (AvgIpc) is 2.65. The van der Waals surface area contributed by atoms with Crippen LogP contribution in [0.5, 0.6) is 5.75 Å². The van der Waals surface area contributed by atoms with Crippen molar-refractivity contribution in [1.82, 2.24) is 10.2 Å². The van der Waals surface area contributed by atoms with Gasteiger partial charge in [0.2, 0.25) is 0 Å². The van der Waals surface area contributed by atoms with E-state index in [9.17, 15) is 18.0 Å². The Balaban J connectivity index is 1.61. The summed E-state index contributed by atoms with van der Waals surface area (Å²) in [5.41, 5.74) is 1.20. The monoisotopic (exact) mass is 388 g/mol. The average molecular weight is 388 g/mol. The smallest absolute Gasteiger partial charge is 0.405 e. The molecule has 0 spiro atoms. The van der Waals surface area contributed by atoms with Crippen LogP contribution in [-0.2, 0) is 13.1 Å². The summed E-state index contributed by atoms with van der Waals surface area (Å²) in [6.45, 7) is 0.296. The van der Waals surface area contributed by atoms with Gasteiger partial charge in [0, 0.05) is 25.7 Å². The third kappa shape index (κ3) is 5.16. The van der Waals surface area contributed by atoms with Crippen molar-refractivity contribution >= 4 is 16.8 Å². The summed E-state index contributed by atoms with van der Waals surface area (Å²) < 4.78 is 41.4. The molecule has 0 saturated heterocycles. The SMILES string of the molecule is CN(Cc1ccc2ccccc2c1)C(=O)NCc1ccccc1OC(F)(F)F. The predicted octanol–water partition coefficient (Wildman–Crippen LogP) is 5.08. The molecule has 28 heavy (non-hydrogen) atoms. The Kier molecular flexibility index (Phi) is 5.73. The molecule has 3 rings (SSSR count). The number of para-hydroxylation sites is 1. The molecule has 0 atom stereocenters.